The number of benzene rings is 2. The Hall–Kier alpha value is -1.32. The van der Waals surface area contributed by atoms with Crippen LogP contribution in [-0.2, 0) is 0 Å². The number of hydrogen-bond donors (Lipinski definition) is 1. The largest absolute Gasteiger partial charge is 0.497 e. The lowest BCUT2D eigenvalue weighted by Crippen LogP contribution is -2.18. The lowest BCUT2D eigenvalue weighted by atomic mass is 9.99. The number of methoxy groups -OCH3 is 1. The number of hydrogen-bond acceptors (Lipinski definition) is 2. The van der Waals surface area contributed by atoms with Gasteiger partial charge < -0.3 is 10.1 Å². The summed E-state index contributed by atoms with van der Waals surface area (Å²) in [6, 6.07) is 16.5. The van der Waals surface area contributed by atoms with Gasteiger partial charge in [-0.15, -0.1) is 0 Å². The van der Waals surface area contributed by atoms with E-state index in [1.807, 2.05) is 31.3 Å². The Kier molecular flexibility index (Phi) is 4.39. The molecule has 94 valence electrons. The van der Waals surface area contributed by atoms with E-state index in [1.165, 1.54) is 11.1 Å². The van der Waals surface area contributed by atoms with Gasteiger partial charge in [0.15, 0.2) is 0 Å². The van der Waals surface area contributed by atoms with Crippen molar-refractivity contribution in [2.45, 2.75) is 6.04 Å². The summed E-state index contributed by atoms with van der Waals surface area (Å²) < 4.78 is 6.38. The lowest BCUT2D eigenvalue weighted by Gasteiger charge is -2.19. The fraction of sp³-hybridized carbons (Fsp3) is 0.200. The molecule has 0 aliphatic heterocycles. The molecule has 1 unspecified atom stereocenters. The highest BCUT2D eigenvalue weighted by molar-refractivity contribution is 9.10. The molecule has 0 amide bonds. The fourth-order valence-corrected chi connectivity index (χ4v) is 2.55. The molecule has 0 saturated carbocycles. The molecule has 2 rings (SSSR count). The van der Waals surface area contributed by atoms with Gasteiger partial charge in [0.05, 0.1) is 13.2 Å². The molecule has 18 heavy (non-hydrogen) atoms. The number of halogens is 1. The minimum atomic E-state index is 0.149. The molecule has 2 nitrogen and oxygen atoms in total. The van der Waals surface area contributed by atoms with Gasteiger partial charge in [-0.25, -0.2) is 0 Å². The molecule has 3 heteroatoms. The van der Waals surface area contributed by atoms with Crippen molar-refractivity contribution in [3.8, 4) is 5.75 Å². The van der Waals surface area contributed by atoms with Crippen LogP contribution in [-0.4, -0.2) is 14.2 Å². The average molecular weight is 306 g/mol. The standard InChI is InChI=1S/C15H16BrNO/c1-17-15(13-8-3-4-9-14(13)16)11-6-5-7-12(10-11)18-2/h3-10,15,17H,1-2H3. The molecule has 2 aromatic rings. The topological polar surface area (TPSA) is 21.3 Å². The third kappa shape index (κ3) is 2.74. The van der Waals surface area contributed by atoms with Crippen molar-refractivity contribution in [2.24, 2.45) is 0 Å². The van der Waals surface area contributed by atoms with Gasteiger partial charge in [-0.05, 0) is 36.4 Å². The zero-order valence-electron chi connectivity index (χ0n) is 10.5. The van der Waals surface area contributed by atoms with E-state index in [0.717, 1.165) is 10.2 Å². The van der Waals surface area contributed by atoms with Crippen molar-refractivity contribution in [3.05, 3.63) is 64.1 Å². The van der Waals surface area contributed by atoms with Crippen LogP contribution in [0.15, 0.2) is 53.0 Å². The van der Waals surface area contributed by atoms with E-state index in [1.54, 1.807) is 7.11 Å². The van der Waals surface area contributed by atoms with Crippen molar-refractivity contribution in [1.29, 1.82) is 0 Å². The molecule has 0 bridgehead atoms. The summed E-state index contributed by atoms with van der Waals surface area (Å²) in [5.41, 5.74) is 2.40. The number of rotatable bonds is 4. The summed E-state index contributed by atoms with van der Waals surface area (Å²) >= 11 is 3.60. The van der Waals surface area contributed by atoms with E-state index in [0.29, 0.717) is 0 Å². The van der Waals surface area contributed by atoms with Gasteiger partial charge in [0.1, 0.15) is 5.75 Å². The van der Waals surface area contributed by atoms with Crippen LogP contribution in [0.5, 0.6) is 5.75 Å². The second-order valence-corrected chi connectivity index (χ2v) is 4.87. The summed E-state index contributed by atoms with van der Waals surface area (Å²) in [7, 11) is 3.65. The predicted molar refractivity (Wildman–Crippen MR) is 78.0 cm³/mol. The quantitative estimate of drug-likeness (QED) is 0.928. The van der Waals surface area contributed by atoms with Crippen LogP contribution >= 0.6 is 15.9 Å². The first-order chi connectivity index (χ1) is 8.76. The van der Waals surface area contributed by atoms with Gasteiger partial charge in [-0.3, -0.25) is 0 Å². The van der Waals surface area contributed by atoms with Crippen LogP contribution in [0.1, 0.15) is 17.2 Å². The Bertz CT molecular complexity index is 527. The summed E-state index contributed by atoms with van der Waals surface area (Å²) in [5, 5.41) is 3.34. The van der Waals surface area contributed by atoms with Gasteiger partial charge in [0.25, 0.3) is 0 Å². The van der Waals surface area contributed by atoms with Crippen LogP contribution in [0.3, 0.4) is 0 Å². The van der Waals surface area contributed by atoms with Gasteiger partial charge in [-0.1, -0.05) is 46.3 Å². The Morgan fingerprint density at radius 2 is 1.89 bits per heavy atom. The molecule has 0 fully saturated rings. The average Bonchev–Trinajstić information content (AvgIpc) is 2.42. The van der Waals surface area contributed by atoms with Crippen LogP contribution < -0.4 is 10.1 Å². The first-order valence-electron chi connectivity index (χ1n) is 5.82. The van der Waals surface area contributed by atoms with Crippen LogP contribution in [0.25, 0.3) is 0 Å². The SMILES string of the molecule is CNC(c1cccc(OC)c1)c1ccccc1Br. The maximum atomic E-state index is 5.28. The van der Waals surface area contributed by atoms with Crippen molar-refractivity contribution >= 4 is 15.9 Å². The predicted octanol–water partition coefficient (Wildman–Crippen LogP) is 3.77. The molecule has 1 N–H and O–H groups in total. The minimum Gasteiger partial charge on any atom is -0.497 e. The lowest BCUT2D eigenvalue weighted by molar-refractivity contribution is 0.414. The van der Waals surface area contributed by atoms with E-state index in [2.05, 4.69) is 45.5 Å². The highest BCUT2D eigenvalue weighted by Crippen LogP contribution is 2.29. The third-order valence-electron chi connectivity index (χ3n) is 2.93. The summed E-state index contributed by atoms with van der Waals surface area (Å²) in [5.74, 6) is 0.875. The molecule has 0 aromatic heterocycles. The van der Waals surface area contributed by atoms with Crippen molar-refractivity contribution in [2.75, 3.05) is 14.2 Å². The second-order valence-electron chi connectivity index (χ2n) is 4.02. The van der Waals surface area contributed by atoms with E-state index in [9.17, 15) is 0 Å². The third-order valence-corrected chi connectivity index (χ3v) is 3.65. The van der Waals surface area contributed by atoms with Crippen LogP contribution in [0.2, 0.25) is 0 Å². The normalized spacial score (nSPS) is 12.2. The molecule has 2 aromatic carbocycles. The molecule has 0 radical (unpaired) electrons. The smallest absolute Gasteiger partial charge is 0.119 e. The summed E-state index contributed by atoms with van der Waals surface area (Å²) in [4.78, 5) is 0. The zero-order valence-corrected chi connectivity index (χ0v) is 12.1. The second kappa shape index (κ2) is 6.03. The first kappa shape index (κ1) is 13.1. The van der Waals surface area contributed by atoms with Crippen molar-refractivity contribution < 1.29 is 4.74 Å². The Morgan fingerprint density at radius 3 is 2.56 bits per heavy atom. The van der Waals surface area contributed by atoms with Crippen molar-refractivity contribution in [1.82, 2.24) is 5.32 Å². The van der Waals surface area contributed by atoms with E-state index in [4.69, 9.17) is 4.74 Å². The van der Waals surface area contributed by atoms with E-state index in [-0.39, 0.29) is 6.04 Å². The molecule has 0 spiro atoms. The van der Waals surface area contributed by atoms with Gasteiger partial charge in [0, 0.05) is 4.47 Å². The van der Waals surface area contributed by atoms with Crippen LogP contribution in [0, 0.1) is 0 Å². The van der Waals surface area contributed by atoms with E-state index >= 15 is 0 Å². The Balaban J connectivity index is 2.42. The molecule has 0 saturated heterocycles. The highest BCUT2D eigenvalue weighted by Gasteiger charge is 2.14. The molecular weight excluding hydrogens is 290 g/mol. The van der Waals surface area contributed by atoms with Gasteiger partial charge in [-0.2, -0.15) is 0 Å². The molecule has 0 aliphatic rings. The van der Waals surface area contributed by atoms with Gasteiger partial charge >= 0.3 is 0 Å². The summed E-state index contributed by atoms with van der Waals surface area (Å²) in [6.45, 7) is 0. The van der Waals surface area contributed by atoms with Crippen LogP contribution in [0.4, 0.5) is 0 Å². The first-order valence-corrected chi connectivity index (χ1v) is 6.61. The maximum absolute atomic E-state index is 5.28. The molecule has 0 aliphatic carbocycles. The monoisotopic (exact) mass is 305 g/mol. The fourth-order valence-electron chi connectivity index (χ4n) is 2.03. The molecular formula is C15H16BrNO. The zero-order chi connectivity index (χ0) is 13.0. The van der Waals surface area contributed by atoms with Gasteiger partial charge in [0.2, 0.25) is 0 Å². The maximum Gasteiger partial charge on any atom is 0.119 e. The highest BCUT2D eigenvalue weighted by atomic mass is 79.9. The number of ether oxygens (including phenoxy) is 1. The number of nitrogens with one attached hydrogen (secondary N) is 1. The van der Waals surface area contributed by atoms with Crippen molar-refractivity contribution in [3.63, 3.8) is 0 Å². The summed E-state index contributed by atoms with van der Waals surface area (Å²) in [6.07, 6.45) is 0. The van der Waals surface area contributed by atoms with E-state index < -0.39 is 0 Å². The minimum absolute atomic E-state index is 0.149. The molecule has 1 atom stereocenters. The Morgan fingerprint density at radius 1 is 1.11 bits per heavy atom. The Labute approximate surface area is 116 Å². The molecule has 0 heterocycles.